The molecule has 0 aliphatic heterocycles. The summed E-state index contributed by atoms with van der Waals surface area (Å²) in [6.07, 6.45) is 13.3. The lowest BCUT2D eigenvalue weighted by molar-refractivity contribution is -0.117. The summed E-state index contributed by atoms with van der Waals surface area (Å²) in [5.74, 6) is 1.36. The molecular formula is C25H43NO2S. The molecule has 0 spiro atoms. The number of rotatable bonds is 14. The number of nitrogens with one attached hydrogen (secondary N) is 1. The molecular weight excluding hydrogens is 378 g/mol. The van der Waals surface area contributed by atoms with E-state index < -0.39 is 4.75 Å². The summed E-state index contributed by atoms with van der Waals surface area (Å²) < 4.78 is -0.467. The molecule has 1 amide bonds. The average Bonchev–Trinajstić information content (AvgIpc) is 2.68. The largest absolute Gasteiger partial charge is 0.507 e. The van der Waals surface area contributed by atoms with Gasteiger partial charge in [-0.15, -0.1) is 11.8 Å². The molecule has 0 aliphatic rings. The molecule has 0 unspecified atom stereocenters. The van der Waals surface area contributed by atoms with Gasteiger partial charge >= 0.3 is 0 Å². The van der Waals surface area contributed by atoms with E-state index in [1.165, 1.54) is 64.2 Å². The molecule has 1 aromatic rings. The monoisotopic (exact) mass is 421 g/mol. The topological polar surface area (TPSA) is 49.3 Å². The van der Waals surface area contributed by atoms with Crippen LogP contribution in [0, 0.1) is 20.8 Å². The van der Waals surface area contributed by atoms with Crippen molar-refractivity contribution < 1.29 is 9.90 Å². The van der Waals surface area contributed by atoms with Gasteiger partial charge in [0.25, 0.3) is 0 Å². The van der Waals surface area contributed by atoms with Crippen molar-refractivity contribution in [3.8, 4) is 5.75 Å². The van der Waals surface area contributed by atoms with E-state index in [-0.39, 0.29) is 5.91 Å². The van der Waals surface area contributed by atoms with Crippen LogP contribution in [0.15, 0.2) is 6.07 Å². The fourth-order valence-electron chi connectivity index (χ4n) is 3.45. The van der Waals surface area contributed by atoms with Crippen LogP contribution in [0.2, 0.25) is 0 Å². The van der Waals surface area contributed by atoms with Crippen molar-refractivity contribution in [2.24, 2.45) is 0 Å². The second-order valence-electron chi connectivity index (χ2n) is 8.83. The average molecular weight is 422 g/mol. The third-order valence-corrected chi connectivity index (χ3v) is 7.21. The van der Waals surface area contributed by atoms with Crippen LogP contribution in [0.25, 0.3) is 0 Å². The number of amides is 1. The molecule has 0 heterocycles. The number of hydrogen-bond acceptors (Lipinski definition) is 3. The number of aromatic hydroxyl groups is 1. The first-order valence-corrected chi connectivity index (χ1v) is 12.4. The number of unbranched alkanes of at least 4 members (excludes halogenated alkanes) is 9. The molecule has 0 aliphatic carbocycles. The first-order valence-electron chi connectivity index (χ1n) is 11.5. The van der Waals surface area contributed by atoms with Gasteiger partial charge in [0.1, 0.15) is 5.75 Å². The second-order valence-corrected chi connectivity index (χ2v) is 10.6. The molecule has 0 atom stereocenters. The Bertz CT molecular complexity index is 640. The summed E-state index contributed by atoms with van der Waals surface area (Å²) in [5.41, 5.74) is 3.35. The predicted molar refractivity (Wildman–Crippen MR) is 129 cm³/mol. The van der Waals surface area contributed by atoms with Crippen molar-refractivity contribution in [3.05, 3.63) is 22.8 Å². The van der Waals surface area contributed by atoms with Crippen LogP contribution in [-0.4, -0.2) is 21.5 Å². The van der Waals surface area contributed by atoms with Crippen molar-refractivity contribution in [3.63, 3.8) is 0 Å². The quantitative estimate of drug-likeness (QED) is 0.239. The Morgan fingerprint density at radius 1 is 0.931 bits per heavy atom. The van der Waals surface area contributed by atoms with E-state index in [1.54, 1.807) is 11.8 Å². The van der Waals surface area contributed by atoms with E-state index in [9.17, 15) is 9.90 Å². The highest BCUT2D eigenvalue weighted by atomic mass is 32.2. The maximum Gasteiger partial charge on any atom is 0.240 e. The lowest BCUT2D eigenvalue weighted by atomic mass is 10.0. The minimum Gasteiger partial charge on any atom is -0.507 e. The molecule has 0 fully saturated rings. The highest BCUT2D eigenvalue weighted by molar-refractivity contribution is 8.01. The number of hydrogen-bond donors (Lipinski definition) is 2. The smallest absolute Gasteiger partial charge is 0.240 e. The Hall–Kier alpha value is -1.16. The Kier molecular flexibility index (Phi) is 11.8. The Morgan fingerprint density at radius 2 is 1.45 bits per heavy atom. The highest BCUT2D eigenvalue weighted by Crippen LogP contribution is 2.33. The fraction of sp³-hybridized carbons (Fsp3) is 0.720. The van der Waals surface area contributed by atoms with Crippen LogP contribution in [0.4, 0.5) is 5.69 Å². The lowest BCUT2D eigenvalue weighted by Gasteiger charge is -2.24. The maximum absolute atomic E-state index is 12.8. The molecule has 0 bridgehead atoms. The van der Waals surface area contributed by atoms with Crippen LogP contribution >= 0.6 is 11.8 Å². The first-order chi connectivity index (χ1) is 13.7. The number of anilines is 1. The van der Waals surface area contributed by atoms with Gasteiger partial charge in [-0.25, -0.2) is 0 Å². The molecule has 0 saturated carbocycles. The zero-order valence-electron chi connectivity index (χ0n) is 19.6. The standard InChI is InChI=1S/C25H43NO2S/c1-7-8-9-10-11-12-13-14-15-16-17-29-25(5,6)24(28)26-22-18-19(2)23(27)21(4)20(22)3/h18,27H,7-17H2,1-6H3,(H,26,28). The third-order valence-electron chi connectivity index (χ3n) is 5.81. The zero-order chi connectivity index (χ0) is 21.9. The molecule has 0 radical (unpaired) electrons. The summed E-state index contributed by atoms with van der Waals surface area (Å²) in [4.78, 5) is 12.8. The summed E-state index contributed by atoms with van der Waals surface area (Å²) in [5, 5.41) is 13.1. The number of phenols is 1. The molecule has 0 saturated heterocycles. The minimum absolute atomic E-state index is 0.0298. The molecule has 3 nitrogen and oxygen atoms in total. The van der Waals surface area contributed by atoms with E-state index in [4.69, 9.17) is 0 Å². The van der Waals surface area contributed by atoms with Crippen LogP contribution in [-0.2, 0) is 4.79 Å². The van der Waals surface area contributed by atoms with Gasteiger partial charge in [0.2, 0.25) is 5.91 Å². The molecule has 29 heavy (non-hydrogen) atoms. The highest BCUT2D eigenvalue weighted by Gasteiger charge is 2.28. The Labute approximate surface area is 183 Å². The number of carbonyl (C=O) groups excluding carboxylic acids is 1. The molecule has 166 valence electrons. The number of carbonyl (C=O) groups is 1. The van der Waals surface area contributed by atoms with Gasteiger partial charge in [-0.1, -0.05) is 64.7 Å². The molecule has 1 aromatic carbocycles. The summed E-state index contributed by atoms with van der Waals surface area (Å²) in [6, 6.07) is 1.86. The number of phenolic OH excluding ortho intramolecular Hbond substituents is 1. The van der Waals surface area contributed by atoms with E-state index in [1.807, 2.05) is 40.7 Å². The molecule has 2 N–H and O–H groups in total. The zero-order valence-corrected chi connectivity index (χ0v) is 20.4. The summed E-state index contributed by atoms with van der Waals surface area (Å²) in [7, 11) is 0. The van der Waals surface area contributed by atoms with Crippen molar-refractivity contribution in [1.82, 2.24) is 0 Å². The summed E-state index contributed by atoms with van der Waals surface area (Å²) >= 11 is 1.74. The minimum atomic E-state index is -0.467. The van der Waals surface area contributed by atoms with E-state index in [2.05, 4.69) is 12.2 Å². The van der Waals surface area contributed by atoms with E-state index >= 15 is 0 Å². The second kappa shape index (κ2) is 13.2. The van der Waals surface area contributed by atoms with Gasteiger partial charge in [0.05, 0.1) is 4.75 Å². The van der Waals surface area contributed by atoms with Crippen molar-refractivity contribution in [2.45, 2.75) is 110 Å². The molecule has 0 aromatic heterocycles. The van der Waals surface area contributed by atoms with Crippen LogP contribution in [0.1, 0.15) is 102 Å². The predicted octanol–water partition coefficient (Wildman–Crippen LogP) is 7.69. The lowest BCUT2D eigenvalue weighted by Crippen LogP contribution is -2.34. The number of thioether (sulfide) groups is 1. The van der Waals surface area contributed by atoms with Crippen molar-refractivity contribution >= 4 is 23.4 Å². The van der Waals surface area contributed by atoms with Gasteiger partial charge in [-0.3, -0.25) is 4.79 Å². The van der Waals surface area contributed by atoms with Gasteiger partial charge in [-0.05, 0) is 69.5 Å². The van der Waals surface area contributed by atoms with Gasteiger partial charge < -0.3 is 10.4 Å². The Morgan fingerprint density at radius 3 is 2.00 bits per heavy atom. The molecule has 4 heteroatoms. The van der Waals surface area contributed by atoms with Gasteiger partial charge in [-0.2, -0.15) is 0 Å². The number of benzene rings is 1. The molecule has 1 rings (SSSR count). The van der Waals surface area contributed by atoms with E-state index in [0.717, 1.165) is 28.1 Å². The first kappa shape index (κ1) is 25.9. The van der Waals surface area contributed by atoms with Gasteiger partial charge in [0.15, 0.2) is 0 Å². The maximum atomic E-state index is 12.8. The van der Waals surface area contributed by atoms with Gasteiger partial charge in [0, 0.05) is 5.69 Å². The Balaban J connectivity index is 2.30. The fourth-order valence-corrected chi connectivity index (χ4v) is 4.49. The van der Waals surface area contributed by atoms with Crippen LogP contribution < -0.4 is 5.32 Å². The van der Waals surface area contributed by atoms with Crippen molar-refractivity contribution in [2.75, 3.05) is 11.1 Å². The van der Waals surface area contributed by atoms with Crippen LogP contribution in [0.3, 0.4) is 0 Å². The third kappa shape index (κ3) is 9.02. The normalized spacial score (nSPS) is 11.7. The number of aryl methyl sites for hydroxylation is 1. The van der Waals surface area contributed by atoms with Crippen molar-refractivity contribution in [1.29, 1.82) is 0 Å². The van der Waals surface area contributed by atoms with E-state index in [0.29, 0.717) is 5.75 Å². The SMILES string of the molecule is CCCCCCCCCCCCSC(C)(C)C(=O)Nc1cc(C)c(O)c(C)c1C. The summed E-state index contributed by atoms with van der Waals surface area (Å²) in [6.45, 7) is 12.0. The van der Waals surface area contributed by atoms with Crippen LogP contribution in [0.5, 0.6) is 5.75 Å².